The summed E-state index contributed by atoms with van der Waals surface area (Å²) in [6, 6.07) is 12.9. The standard InChI is InChI=1S/C18H29N3/c1-5-21(6-2)15-13-18(16-19,12-14-20(3)4)17-10-8-7-9-11-17/h7-11H,5-6,12-15H2,1-4H3/t18-/m0/s1. The van der Waals surface area contributed by atoms with Crippen LogP contribution in [0.25, 0.3) is 0 Å². The Bertz CT molecular complexity index is 432. The molecule has 1 aromatic carbocycles. The molecule has 0 saturated carbocycles. The maximum absolute atomic E-state index is 9.91. The van der Waals surface area contributed by atoms with E-state index in [1.54, 1.807) is 0 Å². The van der Waals surface area contributed by atoms with E-state index in [-0.39, 0.29) is 5.41 Å². The Kier molecular flexibility index (Phi) is 7.42. The molecular weight excluding hydrogens is 258 g/mol. The maximum Gasteiger partial charge on any atom is 0.0846 e. The first-order valence-corrected chi connectivity index (χ1v) is 7.91. The van der Waals surface area contributed by atoms with Crippen molar-refractivity contribution in [2.45, 2.75) is 32.1 Å². The fourth-order valence-electron chi connectivity index (χ4n) is 2.65. The molecule has 0 N–H and O–H groups in total. The molecule has 0 aromatic heterocycles. The Balaban J connectivity index is 2.95. The van der Waals surface area contributed by atoms with Crippen molar-refractivity contribution in [3.05, 3.63) is 35.9 Å². The fourth-order valence-corrected chi connectivity index (χ4v) is 2.65. The summed E-state index contributed by atoms with van der Waals surface area (Å²) >= 11 is 0. The minimum Gasteiger partial charge on any atom is -0.309 e. The quantitative estimate of drug-likeness (QED) is 0.699. The summed E-state index contributed by atoms with van der Waals surface area (Å²) in [5.41, 5.74) is 0.773. The predicted octanol–water partition coefficient (Wildman–Crippen LogP) is 3.13. The molecule has 3 nitrogen and oxygen atoms in total. The number of rotatable bonds is 9. The topological polar surface area (TPSA) is 30.3 Å². The minimum atomic E-state index is -0.381. The first-order valence-electron chi connectivity index (χ1n) is 7.91. The van der Waals surface area contributed by atoms with Gasteiger partial charge in [-0.15, -0.1) is 0 Å². The van der Waals surface area contributed by atoms with Gasteiger partial charge in [-0.25, -0.2) is 0 Å². The Hall–Kier alpha value is -1.37. The highest BCUT2D eigenvalue weighted by atomic mass is 15.1. The van der Waals surface area contributed by atoms with Crippen LogP contribution in [-0.4, -0.2) is 50.1 Å². The van der Waals surface area contributed by atoms with Crippen LogP contribution in [0.4, 0.5) is 0 Å². The second kappa shape index (κ2) is 8.81. The van der Waals surface area contributed by atoms with E-state index in [9.17, 15) is 5.26 Å². The third-order valence-electron chi connectivity index (χ3n) is 4.28. The van der Waals surface area contributed by atoms with Crippen LogP contribution in [0.3, 0.4) is 0 Å². The van der Waals surface area contributed by atoms with E-state index in [1.165, 1.54) is 0 Å². The molecule has 0 spiro atoms. The van der Waals surface area contributed by atoms with Gasteiger partial charge in [0.25, 0.3) is 0 Å². The van der Waals surface area contributed by atoms with Gasteiger partial charge in [0.05, 0.1) is 11.5 Å². The van der Waals surface area contributed by atoms with Crippen LogP contribution < -0.4 is 0 Å². The molecule has 0 aliphatic rings. The van der Waals surface area contributed by atoms with Crippen LogP contribution in [0.2, 0.25) is 0 Å². The number of nitriles is 1. The van der Waals surface area contributed by atoms with Crippen LogP contribution >= 0.6 is 0 Å². The van der Waals surface area contributed by atoms with Crippen LogP contribution in [0.15, 0.2) is 30.3 Å². The van der Waals surface area contributed by atoms with Gasteiger partial charge in [-0.2, -0.15) is 5.26 Å². The van der Waals surface area contributed by atoms with Crippen molar-refractivity contribution in [2.24, 2.45) is 0 Å². The number of benzene rings is 1. The van der Waals surface area contributed by atoms with Crippen molar-refractivity contribution in [3.63, 3.8) is 0 Å². The van der Waals surface area contributed by atoms with Crippen LogP contribution in [0, 0.1) is 11.3 Å². The summed E-state index contributed by atoms with van der Waals surface area (Å²) < 4.78 is 0. The average molecular weight is 287 g/mol. The van der Waals surface area contributed by atoms with E-state index in [2.05, 4.69) is 55.9 Å². The maximum atomic E-state index is 9.91. The van der Waals surface area contributed by atoms with Gasteiger partial charge in [-0.3, -0.25) is 0 Å². The van der Waals surface area contributed by atoms with Crippen molar-refractivity contribution in [1.29, 1.82) is 5.26 Å². The lowest BCUT2D eigenvalue weighted by Gasteiger charge is -2.31. The molecule has 3 heteroatoms. The third kappa shape index (κ3) is 5.15. The molecule has 0 aliphatic carbocycles. The summed E-state index contributed by atoms with van der Waals surface area (Å²) in [5.74, 6) is 0. The van der Waals surface area contributed by atoms with Gasteiger partial charge in [0.2, 0.25) is 0 Å². The molecule has 1 atom stereocenters. The van der Waals surface area contributed by atoms with Gasteiger partial charge >= 0.3 is 0 Å². The highest BCUT2D eigenvalue weighted by Gasteiger charge is 2.32. The second-order valence-electron chi connectivity index (χ2n) is 5.89. The van der Waals surface area contributed by atoms with E-state index in [1.807, 2.05) is 18.2 Å². The number of nitrogens with zero attached hydrogens (tertiary/aromatic N) is 3. The van der Waals surface area contributed by atoms with E-state index in [4.69, 9.17) is 0 Å². The normalized spacial score (nSPS) is 14.1. The number of hydrogen-bond donors (Lipinski definition) is 0. The summed E-state index contributed by atoms with van der Waals surface area (Å²) in [6.07, 6.45) is 1.77. The van der Waals surface area contributed by atoms with E-state index >= 15 is 0 Å². The van der Waals surface area contributed by atoms with Gasteiger partial charge < -0.3 is 9.80 Å². The zero-order valence-electron chi connectivity index (χ0n) is 14.0. The molecule has 21 heavy (non-hydrogen) atoms. The SMILES string of the molecule is CCN(CC)CC[C@](C#N)(CCN(C)C)c1ccccc1. The molecule has 0 saturated heterocycles. The molecule has 1 rings (SSSR count). The van der Waals surface area contributed by atoms with E-state index in [0.717, 1.165) is 44.6 Å². The number of hydrogen-bond acceptors (Lipinski definition) is 3. The van der Waals surface area contributed by atoms with Gasteiger partial charge in [0, 0.05) is 0 Å². The van der Waals surface area contributed by atoms with Gasteiger partial charge in [-0.1, -0.05) is 44.2 Å². The lowest BCUT2D eigenvalue weighted by Crippen LogP contribution is -2.35. The molecule has 0 fully saturated rings. The second-order valence-corrected chi connectivity index (χ2v) is 5.89. The van der Waals surface area contributed by atoms with E-state index in [0.29, 0.717) is 0 Å². The summed E-state index contributed by atoms with van der Waals surface area (Å²) in [6.45, 7) is 8.35. The average Bonchev–Trinajstić information content (AvgIpc) is 2.52. The van der Waals surface area contributed by atoms with Crippen molar-refractivity contribution < 1.29 is 0 Å². The third-order valence-corrected chi connectivity index (χ3v) is 4.28. The molecule has 0 radical (unpaired) electrons. The molecule has 0 aliphatic heterocycles. The smallest absolute Gasteiger partial charge is 0.0846 e. The van der Waals surface area contributed by atoms with Crippen molar-refractivity contribution in [1.82, 2.24) is 9.80 Å². The molecule has 0 unspecified atom stereocenters. The predicted molar refractivity (Wildman–Crippen MR) is 89.3 cm³/mol. The summed E-state index contributed by atoms with van der Waals surface area (Å²) in [5, 5.41) is 9.91. The van der Waals surface area contributed by atoms with Crippen molar-refractivity contribution in [3.8, 4) is 6.07 Å². The molecule has 0 heterocycles. The molecule has 0 bridgehead atoms. The Morgan fingerprint density at radius 1 is 1.00 bits per heavy atom. The molecular formula is C18H29N3. The van der Waals surface area contributed by atoms with Gasteiger partial charge in [0.1, 0.15) is 0 Å². The van der Waals surface area contributed by atoms with Gasteiger partial charge in [0.15, 0.2) is 0 Å². The fraction of sp³-hybridized carbons (Fsp3) is 0.611. The lowest BCUT2D eigenvalue weighted by atomic mass is 9.76. The molecule has 1 aromatic rings. The highest BCUT2D eigenvalue weighted by Crippen LogP contribution is 2.31. The largest absolute Gasteiger partial charge is 0.309 e. The Labute approximate surface area is 130 Å². The Morgan fingerprint density at radius 2 is 1.57 bits per heavy atom. The minimum absolute atomic E-state index is 0.381. The van der Waals surface area contributed by atoms with Crippen LogP contribution in [-0.2, 0) is 5.41 Å². The summed E-state index contributed by atoms with van der Waals surface area (Å²) in [4.78, 5) is 4.55. The Morgan fingerprint density at radius 3 is 2.05 bits per heavy atom. The summed E-state index contributed by atoms with van der Waals surface area (Å²) in [7, 11) is 4.13. The zero-order chi connectivity index (χ0) is 15.7. The molecule has 116 valence electrons. The zero-order valence-corrected chi connectivity index (χ0v) is 14.0. The van der Waals surface area contributed by atoms with Crippen LogP contribution in [0.5, 0.6) is 0 Å². The highest BCUT2D eigenvalue weighted by molar-refractivity contribution is 5.32. The van der Waals surface area contributed by atoms with Crippen molar-refractivity contribution in [2.75, 3.05) is 40.3 Å². The van der Waals surface area contributed by atoms with Gasteiger partial charge in [-0.05, 0) is 58.7 Å². The molecule has 0 amide bonds. The van der Waals surface area contributed by atoms with E-state index < -0.39 is 0 Å². The first-order chi connectivity index (χ1) is 10.1. The first kappa shape index (κ1) is 17.7. The van der Waals surface area contributed by atoms with Crippen LogP contribution in [0.1, 0.15) is 32.3 Å². The lowest BCUT2D eigenvalue weighted by molar-refractivity contribution is 0.261. The monoisotopic (exact) mass is 287 g/mol. The van der Waals surface area contributed by atoms with Crippen molar-refractivity contribution >= 4 is 0 Å².